The number of nitrogens with one attached hydrogen (secondary N) is 1. The first kappa shape index (κ1) is 11.3. The Labute approximate surface area is 95.7 Å². The molecule has 1 aliphatic rings. The summed E-state index contributed by atoms with van der Waals surface area (Å²) in [4.78, 5) is 16.9. The number of fused-ring (bicyclic) bond motifs is 1. The first-order valence-electron chi connectivity index (χ1n) is 5.74. The molecule has 0 amide bonds. The van der Waals surface area contributed by atoms with Crippen molar-refractivity contribution in [1.82, 2.24) is 14.9 Å². The molecule has 0 saturated heterocycles. The number of hydrogen-bond donors (Lipinski definition) is 1. The van der Waals surface area contributed by atoms with Crippen molar-refractivity contribution >= 4 is 0 Å². The largest absolute Gasteiger partial charge is 0.312 e. The Kier molecular flexibility index (Phi) is 2.62. The van der Waals surface area contributed by atoms with Gasteiger partial charge in [-0.2, -0.15) is 0 Å². The van der Waals surface area contributed by atoms with E-state index in [1.165, 1.54) is 0 Å². The van der Waals surface area contributed by atoms with Gasteiger partial charge in [0.1, 0.15) is 5.82 Å². The fourth-order valence-electron chi connectivity index (χ4n) is 2.31. The van der Waals surface area contributed by atoms with Gasteiger partial charge >= 0.3 is 0 Å². The molecule has 0 atom stereocenters. The second kappa shape index (κ2) is 3.70. The van der Waals surface area contributed by atoms with Crippen molar-refractivity contribution in [3.63, 3.8) is 0 Å². The molecule has 4 nitrogen and oxygen atoms in total. The molecule has 1 aromatic rings. The maximum atomic E-state index is 12.4. The Bertz CT molecular complexity index is 468. The molecule has 0 aromatic carbocycles. The van der Waals surface area contributed by atoms with E-state index in [1.54, 1.807) is 4.57 Å². The first-order valence-corrected chi connectivity index (χ1v) is 5.74. The van der Waals surface area contributed by atoms with Crippen molar-refractivity contribution in [2.75, 3.05) is 6.54 Å². The van der Waals surface area contributed by atoms with Crippen LogP contribution in [0.15, 0.2) is 4.79 Å². The average Bonchev–Trinajstić information content (AvgIpc) is 2.15. The third-order valence-corrected chi connectivity index (χ3v) is 2.94. The van der Waals surface area contributed by atoms with Gasteiger partial charge in [-0.3, -0.25) is 9.36 Å². The Morgan fingerprint density at radius 1 is 1.38 bits per heavy atom. The van der Waals surface area contributed by atoms with Crippen LogP contribution < -0.4 is 10.9 Å². The Morgan fingerprint density at radius 2 is 2.06 bits per heavy atom. The number of aromatic nitrogens is 2. The number of hydrogen-bond acceptors (Lipinski definition) is 3. The summed E-state index contributed by atoms with van der Waals surface area (Å²) in [6, 6.07) is 0. The molecule has 4 heteroatoms. The quantitative estimate of drug-likeness (QED) is 0.709. The lowest BCUT2D eigenvalue weighted by Crippen LogP contribution is -2.42. The molecule has 0 spiro atoms. The van der Waals surface area contributed by atoms with E-state index in [0.29, 0.717) is 6.54 Å². The first-order chi connectivity index (χ1) is 7.41. The highest BCUT2D eigenvalue weighted by Gasteiger charge is 2.23. The van der Waals surface area contributed by atoms with Crippen LogP contribution in [-0.2, 0) is 18.5 Å². The Balaban J connectivity index is 2.69. The molecule has 1 N–H and O–H groups in total. The molecule has 0 radical (unpaired) electrons. The van der Waals surface area contributed by atoms with Crippen LogP contribution >= 0.6 is 0 Å². The van der Waals surface area contributed by atoms with Crippen molar-refractivity contribution in [1.29, 1.82) is 0 Å². The third kappa shape index (κ3) is 1.78. The average molecular weight is 221 g/mol. The minimum Gasteiger partial charge on any atom is -0.312 e. The van der Waals surface area contributed by atoms with Gasteiger partial charge in [0.15, 0.2) is 0 Å². The summed E-state index contributed by atoms with van der Waals surface area (Å²) in [5, 5.41) is 3.23. The highest BCUT2D eigenvalue weighted by Crippen LogP contribution is 2.15. The normalized spacial score (nSPS) is 16.0. The lowest BCUT2D eigenvalue weighted by Gasteiger charge is -2.27. The van der Waals surface area contributed by atoms with Crippen LogP contribution in [0.1, 0.15) is 37.9 Å². The molecule has 0 saturated carbocycles. The SMILES string of the molecule is Cc1nc2c(c(=O)n1C(C)(C)C)CNCC2. The molecular formula is C12H19N3O. The Morgan fingerprint density at radius 3 is 2.69 bits per heavy atom. The molecule has 1 aliphatic heterocycles. The molecule has 1 aromatic heterocycles. The topological polar surface area (TPSA) is 46.9 Å². The standard InChI is InChI=1S/C12H19N3O/c1-8-14-10-5-6-13-7-9(10)11(16)15(8)12(2,3)4/h13H,5-7H2,1-4H3. The van der Waals surface area contributed by atoms with Crippen LogP contribution in [0.4, 0.5) is 0 Å². The summed E-state index contributed by atoms with van der Waals surface area (Å²) in [5.74, 6) is 0.818. The van der Waals surface area contributed by atoms with E-state index in [9.17, 15) is 4.79 Å². The van der Waals surface area contributed by atoms with Crippen LogP contribution in [0.25, 0.3) is 0 Å². The predicted molar refractivity (Wildman–Crippen MR) is 63.6 cm³/mol. The zero-order valence-electron chi connectivity index (χ0n) is 10.4. The van der Waals surface area contributed by atoms with E-state index in [0.717, 1.165) is 30.0 Å². The lowest BCUT2D eigenvalue weighted by molar-refractivity contribution is 0.363. The van der Waals surface area contributed by atoms with Crippen molar-refractivity contribution in [2.24, 2.45) is 0 Å². The van der Waals surface area contributed by atoms with Gasteiger partial charge in [-0.25, -0.2) is 4.98 Å². The van der Waals surface area contributed by atoms with Crippen LogP contribution in [0.5, 0.6) is 0 Å². The summed E-state index contributed by atoms with van der Waals surface area (Å²) in [7, 11) is 0. The van der Waals surface area contributed by atoms with Crippen LogP contribution in [0, 0.1) is 6.92 Å². The highest BCUT2D eigenvalue weighted by molar-refractivity contribution is 5.22. The molecule has 88 valence electrons. The summed E-state index contributed by atoms with van der Waals surface area (Å²) in [6.07, 6.45) is 0.858. The van der Waals surface area contributed by atoms with Crippen LogP contribution in [0.2, 0.25) is 0 Å². The fourth-order valence-corrected chi connectivity index (χ4v) is 2.31. The van der Waals surface area contributed by atoms with Gasteiger partial charge < -0.3 is 5.32 Å². The van der Waals surface area contributed by atoms with Gasteiger partial charge in [-0.15, -0.1) is 0 Å². The zero-order valence-corrected chi connectivity index (χ0v) is 10.4. The van der Waals surface area contributed by atoms with Gasteiger partial charge in [0, 0.05) is 25.0 Å². The smallest absolute Gasteiger partial charge is 0.258 e. The minimum atomic E-state index is -0.208. The van der Waals surface area contributed by atoms with Crippen molar-refractivity contribution in [3.8, 4) is 0 Å². The van der Waals surface area contributed by atoms with Crippen LogP contribution in [0.3, 0.4) is 0 Å². The van der Waals surface area contributed by atoms with Crippen molar-refractivity contribution < 1.29 is 0 Å². The van der Waals surface area contributed by atoms with Gasteiger partial charge in [0.25, 0.3) is 5.56 Å². The number of nitrogens with zero attached hydrogens (tertiary/aromatic N) is 2. The second-order valence-corrected chi connectivity index (χ2v) is 5.32. The molecule has 0 unspecified atom stereocenters. The maximum Gasteiger partial charge on any atom is 0.258 e. The molecule has 2 heterocycles. The van der Waals surface area contributed by atoms with Gasteiger partial charge in [0.05, 0.1) is 11.3 Å². The maximum absolute atomic E-state index is 12.4. The predicted octanol–water partition coefficient (Wildman–Crippen LogP) is 0.952. The Hall–Kier alpha value is -1.16. The third-order valence-electron chi connectivity index (χ3n) is 2.94. The van der Waals surface area contributed by atoms with E-state index in [-0.39, 0.29) is 11.1 Å². The molecule has 2 rings (SSSR count). The number of aryl methyl sites for hydroxylation is 1. The van der Waals surface area contributed by atoms with Gasteiger partial charge in [-0.1, -0.05) is 0 Å². The van der Waals surface area contributed by atoms with E-state index in [4.69, 9.17) is 0 Å². The monoisotopic (exact) mass is 221 g/mol. The van der Waals surface area contributed by atoms with Crippen LogP contribution in [-0.4, -0.2) is 16.1 Å². The summed E-state index contributed by atoms with van der Waals surface area (Å²) >= 11 is 0. The molecule has 0 bridgehead atoms. The summed E-state index contributed by atoms with van der Waals surface area (Å²) in [6.45, 7) is 9.58. The number of rotatable bonds is 0. The van der Waals surface area contributed by atoms with E-state index >= 15 is 0 Å². The molecule has 0 aliphatic carbocycles. The second-order valence-electron chi connectivity index (χ2n) is 5.32. The minimum absolute atomic E-state index is 0.113. The molecule has 0 fully saturated rings. The summed E-state index contributed by atoms with van der Waals surface area (Å²) < 4.78 is 1.79. The van der Waals surface area contributed by atoms with E-state index in [2.05, 4.69) is 10.3 Å². The summed E-state index contributed by atoms with van der Waals surface area (Å²) in [5.41, 5.74) is 1.72. The van der Waals surface area contributed by atoms with Crippen molar-refractivity contribution in [2.45, 2.75) is 46.2 Å². The van der Waals surface area contributed by atoms with Crippen molar-refractivity contribution in [3.05, 3.63) is 27.4 Å². The lowest BCUT2D eigenvalue weighted by atomic mass is 10.0. The zero-order chi connectivity index (χ0) is 11.9. The van der Waals surface area contributed by atoms with Gasteiger partial charge in [-0.05, 0) is 27.7 Å². The van der Waals surface area contributed by atoms with E-state index in [1.807, 2.05) is 27.7 Å². The van der Waals surface area contributed by atoms with E-state index < -0.39 is 0 Å². The molecule has 16 heavy (non-hydrogen) atoms. The fraction of sp³-hybridized carbons (Fsp3) is 0.667. The highest BCUT2D eigenvalue weighted by atomic mass is 16.1. The molecular weight excluding hydrogens is 202 g/mol. The van der Waals surface area contributed by atoms with Gasteiger partial charge in [0.2, 0.25) is 0 Å².